The number of halogens is 1. The molecule has 3 amide bonds. The zero-order valence-electron chi connectivity index (χ0n) is 16.9. The quantitative estimate of drug-likeness (QED) is 0.677. The molecule has 5 rings (SSSR count). The Kier molecular flexibility index (Phi) is 5.07. The third kappa shape index (κ3) is 2.94. The lowest BCUT2D eigenvalue weighted by Crippen LogP contribution is -2.53. The second-order valence-electron chi connectivity index (χ2n) is 8.20. The van der Waals surface area contributed by atoms with Crippen LogP contribution in [0.25, 0.3) is 0 Å². The number of nitrogens with zero attached hydrogens (tertiary/aromatic N) is 1. The molecule has 0 unspecified atom stereocenters. The van der Waals surface area contributed by atoms with E-state index in [9.17, 15) is 14.4 Å². The van der Waals surface area contributed by atoms with Crippen molar-refractivity contribution >= 4 is 46.8 Å². The number of para-hydroxylation sites is 1. The number of anilines is 1. The minimum atomic E-state index is -1.23. The lowest BCUT2D eigenvalue weighted by Gasteiger charge is -2.29. The molecule has 2 aromatic rings. The monoisotopic (exact) mass is 455 g/mol. The number of rotatable bonds is 5. The van der Waals surface area contributed by atoms with E-state index >= 15 is 0 Å². The lowest BCUT2D eigenvalue weighted by molar-refractivity contribution is -0.143. The topological polar surface area (TPSA) is 78.5 Å². The first kappa shape index (κ1) is 20.5. The Bertz CT molecular complexity index is 1090. The number of likely N-dealkylation sites (tertiary alicyclic amines) is 1. The van der Waals surface area contributed by atoms with Crippen molar-refractivity contribution in [3.63, 3.8) is 0 Å². The van der Waals surface area contributed by atoms with Crippen molar-refractivity contribution in [1.82, 2.24) is 10.2 Å². The van der Waals surface area contributed by atoms with Crippen molar-refractivity contribution in [3.8, 4) is 0 Å². The van der Waals surface area contributed by atoms with Gasteiger partial charge >= 0.3 is 0 Å². The molecule has 0 aliphatic carbocycles. The van der Waals surface area contributed by atoms with Crippen LogP contribution in [0.2, 0.25) is 5.02 Å². The van der Waals surface area contributed by atoms with Gasteiger partial charge in [-0.1, -0.05) is 48.0 Å². The Hall–Kier alpha value is -2.35. The normalized spacial score (nSPS) is 28.9. The van der Waals surface area contributed by atoms with Crippen molar-refractivity contribution in [2.24, 2.45) is 11.8 Å². The summed E-state index contributed by atoms with van der Waals surface area (Å²) in [6.45, 7) is 0.110. The molecule has 0 bridgehead atoms. The molecule has 2 saturated heterocycles. The zero-order valence-corrected chi connectivity index (χ0v) is 18.5. The van der Waals surface area contributed by atoms with Crippen LogP contribution < -0.4 is 10.6 Å². The van der Waals surface area contributed by atoms with E-state index in [1.165, 1.54) is 4.90 Å². The van der Waals surface area contributed by atoms with E-state index in [2.05, 4.69) is 10.6 Å². The van der Waals surface area contributed by atoms with Crippen LogP contribution in [-0.4, -0.2) is 40.7 Å². The molecule has 0 saturated carbocycles. The lowest BCUT2D eigenvalue weighted by atomic mass is 9.76. The molecule has 4 atom stereocenters. The van der Waals surface area contributed by atoms with Crippen molar-refractivity contribution in [3.05, 3.63) is 64.7 Å². The van der Waals surface area contributed by atoms with Gasteiger partial charge in [0.2, 0.25) is 17.7 Å². The molecule has 0 aromatic heterocycles. The molecule has 2 fully saturated rings. The maximum Gasteiger partial charge on any atom is 0.250 e. The smallest absolute Gasteiger partial charge is 0.250 e. The number of thioether (sulfide) groups is 1. The average molecular weight is 456 g/mol. The van der Waals surface area contributed by atoms with Crippen LogP contribution in [0.5, 0.6) is 0 Å². The Labute approximate surface area is 189 Å². The van der Waals surface area contributed by atoms with E-state index in [4.69, 9.17) is 11.6 Å². The number of fused-ring (bicyclic) bond motifs is 4. The van der Waals surface area contributed by atoms with Crippen LogP contribution in [0.1, 0.15) is 17.5 Å². The third-order valence-corrected chi connectivity index (χ3v) is 7.65. The summed E-state index contributed by atoms with van der Waals surface area (Å²) >= 11 is 7.98. The minimum Gasteiger partial charge on any atom is -0.324 e. The number of hydrogen-bond donors (Lipinski definition) is 2. The number of carbonyl (C=O) groups is 3. The molecule has 8 heteroatoms. The van der Waals surface area contributed by atoms with Crippen molar-refractivity contribution in [2.45, 2.75) is 24.5 Å². The first-order valence-corrected chi connectivity index (χ1v) is 12.0. The summed E-state index contributed by atoms with van der Waals surface area (Å²) in [4.78, 5) is 41.8. The van der Waals surface area contributed by atoms with E-state index in [1.807, 2.05) is 48.7 Å². The highest BCUT2D eigenvalue weighted by atomic mass is 35.5. The first-order chi connectivity index (χ1) is 15.0. The van der Waals surface area contributed by atoms with Gasteiger partial charge < -0.3 is 5.32 Å². The van der Waals surface area contributed by atoms with Crippen LogP contribution in [0.15, 0.2) is 48.5 Å². The molecule has 2 N–H and O–H groups in total. The molecular weight excluding hydrogens is 434 g/mol. The Morgan fingerprint density at radius 3 is 2.58 bits per heavy atom. The number of imide groups is 1. The number of hydrogen-bond acceptors (Lipinski definition) is 5. The van der Waals surface area contributed by atoms with Gasteiger partial charge in [-0.05, 0) is 36.1 Å². The summed E-state index contributed by atoms with van der Waals surface area (Å²) < 4.78 is 0. The Balaban J connectivity index is 1.58. The van der Waals surface area contributed by atoms with Gasteiger partial charge in [-0.3, -0.25) is 24.6 Å². The van der Waals surface area contributed by atoms with Gasteiger partial charge in [0.25, 0.3) is 0 Å². The molecular formula is C23H22ClN3O3S. The van der Waals surface area contributed by atoms with Crippen LogP contribution in [0, 0.1) is 11.8 Å². The fourth-order valence-electron chi connectivity index (χ4n) is 5.26. The van der Waals surface area contributed by atoms with E-state index in [-0.39, 0.29) is 30.3 Å². The van der Waals surface area contributed by atoms with Crippen LogP contribution in [0.3, 0.4) is 0 Å². The number of carbonyl (C=O) groups excluding carboxylic acids is 3. The summed E-state index contributed by atoms with van der Waals surface area (Å²) in [7, 11) is 0. The largest absolute Gasteiger partial charge is 0.324 e. The van der Waals surface area contributed by atoms with Gasteiger partial charge in [0.1, 0.15) is 5.54 Å². The fraction of sp³-hybridized carbons (Fsp3) is 0.348. The molecule has 3 aliphatic rings. The number of nitrogens with one attached hydrogen (secondary N) is 2. The molecule has 0 radical (unpaired) electrons. The Morgan fingerprint density at radius 1 is 1.06 bits per heavy atom. The van der Waals surface area contributed by atoms with Crippen molar-refractivity contribution in [2.75, 3.05) is 17.3 Å². The second kappa shape index (κ2) is 7.65. The van der Waals surface area contributed by atoms with Crippen LogP contribution in [-0.2, 0) is 26.5 Å². The van der Waals surface area contributed by atoms with Crippen LogP contribution in [0.4, 0.5) is 5.69 Å². The molecule has 1 spiro atoms. The van der Waals surface area contributed by atoms with Gasteiger partial charge in [-0.15, -0.1) is 0 Å². The SMILES string of the molecule is CSCC[C@@H]1N[C@@]2(C(=O)Nc3ccccc32)[C@@H]2C(=O)N(Cc3ccccc3Cl)C(=O)[C@H]12. The maximum atomic E-state index is 13.7. The van der Waals surface area contributed by atoms with Gasteiger partial charge in [-0.25, -0.2) is 0 Å². The third-order valence-electron chi connectivity index (χ3n) is 6.63. The Morgan fingerprint density at radius 2 is 1.81 bits per heavy atom. The van der Waals surface area contributed by atoms with Gasteiger partial charge in [0.15, 0.2) is 0 Å². The highest BCUT2D eigenvalue weighted by molar-refractivity contribution is 7.98. The average Bonchev–Trinajstić information content (AvgIpc) is 3.34. The number of benzene rings is 2. The van der Waals surface area contributed by atoms with E-state index in [0.717, 1.165) is 11.3 Å². The predicted molar refractivity (Wildman–Crippen MR) is 121 cm³/mol. The molecule has 31 heavy (non-hydrogen) atoms. The molecule has 2 aromatic carbocycles. The van der Waals surface area contributed by atoms with Gasteiger partial charge in [0, 0.05) is 22.3 Å². The standard InChI is InChI=1S/C23H22ClN3O3S/c1-31-11-10-17-18-19(23(26-17)14-7-3-5-9-16(14)25-22(23)30)21(29)27(20(18)28)12-13-6-2-4-8-15(13)24/h2-9,17-19,26H,10-12H2,1H3,(H,25,30)/t17-,18+,19-,23+/m0/s1. The summed E-state index contributed by atoms with van der Waals surface area (Å²) in [5.74, 6) is -1.36. The predicted octanol–water partition coefficient (Wildman–Crippen LogP) is 3.01. The first-order valence-electron chi connectivity index (χ1n) is 10.2. The van der Waals surface area contributed by atoms with Crippen molar-refractivity contribution in [1.29, 1.82) is 0 Å². The van der Waals surface area contributed by atoms with E-state index < -0.39 is 17.4 Å². The summed E-state index contributed by atoms with van der Waals surface area (Å²) in [5, 5.41) is 6.87. The molecule has 160 valence electrons. The maximum absolute atomic E-state index is 13.7. The van der Waals surface area contributed by atoms with Gasteiger partial charge in [0.05, 0.1) is 18.4 Å². The number of amides is 3. The second-order valence-corrected chi connectivity index (χ2v) is 9.59. The molecule has 3 aliphatic heterocycles. The summed E-state index contributed by atoms with van der Waals surface area (Å²) in [6.07, 6.45) is 2.70. The zero-order chi connectivity index (χ0) is 21.8. The van der Waals surface area contributed by atoms with E-state index in [0.29, 0.717) is 22.7 Å². The highest BCUT2D eigenvalue weighted by Gasteiger charge is 2.70. The van der Waals surface area contributed by atoms with Crippen LogP contribution >= 0.6 is 23.4 Å². The summed E-state index contributed by atoms with van der Waals surface area (Å²) in [6, 6.07) is 14.3. The highest BCUT2D eigenvalue weighted by Crippen LogP contribution is 2.53. The molecule has 3 heterocycles. The van der Waals surface area contributed by atoms with Gasteiger partial charge in [-0.2, -0.15) is 11.8 Å². The van der Waals surface area contributed by atoms with Crippen molar-refractivity contribution < 1.29 is 14.4 Å². The molecule has 6 nitrogen and oxygen atoms in total. The minimum absolute atomic E-state index is 0.110. The summed E-state index contributed by atoms with van der Waals surface area (Å²) in [5.41, 5.74) is 0.910. The fourth-order valence-corrected chi connectivity index (χ4v) is 5.95. The van der Waals surface area contributed by atoms with E-state index in [1.54, 1.807) is 17.8 Å².